The van der Waals surface area contributed by atoms with Crippen molar-refractivity contribution in [2.75, 3.05) is 58.9 Å². The van der Waals surface area contributed by atoms with E-state index in [2.05, 4.69) is 102 Å². The Kier molecular flexibility index (Phi) is 24.0. The molecule has 1 aromatic rings. The van der Waals surface area contributed by atoms with Crippen LogP contribution in [0.3, 0.4) is 0 Å². The highest BCUT2D eigenvalue weighted by Crippen LogP contribution is 2.70. The summed E-state index contributed by atoms with van der Waals surface area (Å²) in [5.74, 6) is 16.2. The number of likely N-dealkylation sites (tertiary alicyclic amines) is 3. The number of aromatic nitrogens is 2. The van der Waals surface area contributed by atoms with Crippen molar-refractivity contribution < 1.29 is 25.2 Å². The van der Waals surface area contributed by atoms with E-state index in [4.69, 9.17) is 0 Å². The lowest BCUT2D eigenvalue weighted by Crippen LogP contribution is -2.49. The van der Waals surface area contributed by atoms with E-state index in [1.54, 1.807) is 33.4 Å². The molecule has 12 saturated carbocycles. The van der Waals surface area contributed by atoms with Gasteiger partial charge < -0.3 is 25.0 Å². The lowest BCUT2D eigenvalue weighted by molar-refractivity contribution is -0.130. The number of nitrogens with zero attached hydrogens (tertiary/aromatic N) is 5. The average molecular weight is 1560 g/mol. The van der Waals surface area contributed by atoms with Gasteiger partial charge in [0.25, 0.3) is 0 Å². The summed E-state index contributed by atoms with van der Waals surface area (Å²) in [6, 6.07) is 0. The van der Waals surface area contributed by atoms with E-state index >= 15 is 0 Å². The van der Waals surface area contributed by atoms with Crippen molar-refractivity contribution in [3.63, 3.8) is 0 Å². The predicted octanol–water partition coefficient (Wildman–Crippen LogP) is 21.9. The second kappa shape index (κ2) is 32.9. The SMILES string of the molecule is C=C(CN1CCCC1)[C@H]1CC[C@H]2[C@@H]3CC=C4C[C@@](C)(O)CC[C@@H]4[C@H]3CC[C@]12C.C=C(CN1CCCCC1)[C@H]1CC[C@H]2[C@@H]3CC=C4C[C@@](C)(O)CC[C@@H]4[C@H]3CC[C@]12C.C=C(Cn1ccnc1)[C@H]1CC[C@H]2[C@@H]3CC=C4C[C@@](C)(O)CC[C@@H]4[C@H]3CC[C@]12C.C[C@]1(O)CC[C@H]2C(=CC[C@@H]3[C@@H]2CC[C@]2(C)[C@@H](C(=O)CN4CCCCC4)CC[C@@H]32)C1. The Morgan fingerprint density at radius 2 is 0.632 bits per heavy atom. The fraction of sp³-hybridized carbons (Fsp3) is 0.827. The van der Waals surface area contributed by atoms with Gasteiger partial charge in [-0.05, 0) is 445 Å². The molecule has 10 nitrogen and oxygen atoms in total. The number of fused-ring (bicyclic) bond motifs is 20. The van der Waals surface area contributed by atoms with E-state index in [0.717, 1.165) is 191 Å². The number of ketones is 1. The van der Waals surface area contributed by atoms with Gasteiger partial charge in [0, 0.05) is 37.9 Å². The van der Waals surface area contributed by atoms with Crippen molar-refractivity contribution in [3.05, 3.63) is 102 Å². The topological polar surface area (TPSA) is 126 Å². The van der Waals surface area contributed by atoms with Crippen molar-refractivity contribution >= 4 is 5.78 Å². The summed E-state index contributed by atoms with van der Waals surface area (Å²) >= 11 is 0. The van der Waals surface area contributed by atoms with Crippen LogP contribution in [0.5, 0.6) is 0 Å². The fourth-order valence-electron chi connectivity index (χ4n) is 33.4. The third kappa shape index (κ3) is 16.3. The van der Waals surface area contributed by atoms with Crippen molar-refractivity contribution in [2.45, 2.75) is 341 Å². The number of imidazole rings is 1. The lowest BCUT2D eigenvalue weighted by atomic mass is 9.51. The van der Waals surface area contributed by atoms with Crippen LogP contribution in [0.1, 0.15) is 312 Å². The van der Waals surface area contributed by atoms with Gasteiger partial charge in [-0.3, -0.25) is 19.5 Å². The highest BCUT2D eigenvalue weighted by Gasteiger charge is 2.62. The van der Waals surface area contributed by atoms with Gasteiger partial charge in [-0.15, -0.1) is 0 Å². The molecule has 16 aliphatic carbocycles. The molecule has 0 amide bonds. The Labute approximate surface area is 693 Å². The molecule has 114 heavy (non-hydrogen) atoms. The molecule has 15 fully saturated rings. The van der Waals surface area contributed by atoms with Crippen molar-refractivity contribution in [1.82, 2.24) is 24.3 Å². The van der Waals surface area contributed by atoms with Gasteiger partial charge in [-0.2, -0.15) is 0 Å². The Bertz CT molecular complexity index is 3620. The zero-order chi connectivity index (χ0) is 79.5. The van der Waals surface area contributed by atoms with Gasteiger partial charge in [0.15, 0.2) is 0 Å². The Hall–Kier alpha value is -3.22. The highest BCUT2D eigenvalue weighted by molar-refractivity contribution is 5.84. The summed E-state index contributed by atoms with van der Waals surface area (Å²) < 4.78 is 2.17. The first-order chi connectivity index (χ1) is 54.5. The Balaban J connectivity index is 0.000000110. The minimum atomic E-state index is -0.488. The van der Waals surface area contributed by atoms with Crippen LogP contribution in [0.25, 0.3) is 0 Å². The van der Waals surface area contributed by atoms with Gasteiger partial charge >= 0.3 is 0 Å². The summed E-state index contributed by atoms with van der Waals surface area (Å²) in [5, 5.41) is 42.2. The molecule has 4 heterocycles. The second-order valence-electron chi connectivity index (χ2n) is 46.1. The minimum absolute atomic E-state index is 0.236. The normalized spacial score (nSPS) is 47.2. The van der Waals surface area contributed by atoms with Crippen LogP contribution >= 0.6 is 0 Å². The van der Waals surface area contributed by atoms with Crippen LogP contribution in [0.15, 0.2) is 102 Å². The number of allylic oxidation sites excluding steroid dienone is 5. The lowest BCUT2D eigenvalue weighted by Gasteiger charge is -2.54. The van der Waals surface area contributed by atoms with Gasteiger partial charge in [0.2, 0.25) is 0 Å². The van der Waals surface area contributed by atoms with Crippen LogP contribution < -0.4 is 0 Å². The Morgan fingerprint density at radius 1 is 0.351 bits per heavy atom. The zero-order valence-electron chi connectivity index (χ0n) is 73.5. The average Bonchev–Trinajstić information content (AvgIpc) is 1.61. The maximum atomic E-state index is 13.4. The van der Waals surface area contributed by atoms with Crippen LogP contribution in [0.2, 0.25) is 0 Å². The molecular formula is C104H161N5O5. The largest absolute Gasteiger partial charge is 0.390 e. The molecule has 1 aromatic heterocycles. The summed E-state index contributed by atoms with van der Waals surface area (Å²) in [7, 11) is 0. The standard InChI is InChI=1S/C27H43NO.C26H41NO2.C26H41NO.C25H36N2O/c1-19(18-28-15-5-4-6-16-28)24-9-10-25-23-8-7-20-17-26(2,29)13-11-21(20)22(23)12-14-27(24,25)3;1-25(29)12-10-19-18(16-25)6-7-21-20(19)11-13-26(2)22(21)8-9-23(26)24(28)17-27-14-4-3-5-15-27;1-18(17-27-14-4-5-15-27)23-8-9-24-22-7-6-19-16-25(2,28)12-10-20(19)21(22)11-13-26(23,24)3;1-17(15-27-13-12-26-16-27)22-6-7-23-21-5-4-18-14-24(2,28)10-8-19(18)20(21)9-11-25(22,23)3/h7,21-25,29H,1,4-6,8-18H2,2-3H3;6,19-23,29H,3-5,7-17H2,1-2H3;6,20-24,28H,1,4-5,7-17H2,2-3H3;4,12-13,16,19-23,28H,1,5-11,14-15H2,2-3H3/t21-,22+,23+,24+,25-,26-,27+;19-,20+,21+,22-,23+,25-,26-;20-,21+,22+,23+,24-,25-,26+;19-,20+,21+,22+,23-,24-,25+/m0000/s1. The molecule has 19 aliphatic rings. The number of carbonyl (C=O) groups excluding carboxylic acids is 1. The molecule has 0 spiro atoms. The van der Waals surface area contributed by atoms with Crippen molar-refractivity contribution in [1.29, 1.82) is 0 Å². The number of aliphatic hydroxyl groups is 4. The van der Waals surface area contributed by atoms with E-state index in [9.17, 15) is 25.2 Å². The fourth-order valence-corrected chi connectivity index (χ4v) is 33.4. The highest BCUT2D eigenvalue weighted by atomic mass is 16.3. The van der Waals surface area contributed by atoms with Crippen LogP contribution in [-0.4, -0.2) is 132 Å². The number of rotatable bonds is 12. The molecule has 0 unspecified atom stereocenters. The van der Waals surface area contributed by atoms with Gasteiger partial charge in [-0.1, -0.05) is 124 Å². The molecule has 4 N–H and O–H groups in total. The van der Waals surface area contributed by atoms with Crippen molar-refractivity contribution in [2.24, 2.45) is 140 Å². The quantitative estimate of drug-likeness (QED) is 0.151. The van der Waals surface area contributed by atoms with Gasteiger partial charge in [0.05, 0.1) is 35.3 Å². The van der Waals surface area contributed by atoms with Crippen molar-refractivity contribution in [3.8, 4) is 0 Å². The molecule has 632 valence electrons. The molecule has 0 bridgehead atoms. The van der Waals surface area contributed by atoms with E-state index < -0.39 is 22.4 Å². The monoisotopic (exact) mass is 1560 g/mol. The molecule has 28 atom stereocenters. The molecule has 0 aromatic carbocycles. The maximum Gasteiger partial charge on any atom is 0.150 e. The number of Topliss-reactive ketones (excluding diaryl/α,β-unsaturated/α-hetero) is 1. The number of piperidine rings is 2. The van der Waals surface area contributed by atoms with Gasteiger partial charge in [-0.25, -0.2) is 4.98 Å². The summed E-state index contributed by atoms with van der Waals surface area (Å²) in [6.07, 6.45) is 65.8. The summed E-state index contributed by atoms with van der Waals surface area (Å²) in [4.78, 5) is 25.3. The van der Waals surface area contributed by atoms with Gasteiger partial charge in [0.1, 0.15) is 5.78 Å². The molecule has 3 aliphatic heterocycles. The molecule has 3 saturated heterocycles. The molecule has 0 radical (unpaired) electrons. The summed E-state index contributed by atoms with van der Waals surface area (Å²) in [5.41, 5.74) is 10.6. The molecular weight excluding hydrogens is 1400 g/mol. The maximum absolute atomic E-state index is 13.4. The predicted molar refractivity (Wildman–Crippen MR) is 466 cm³/mol. The number of carbonyl (C=O) groups is 1. The third-order valence-electron chi connectivity index (χ3n) is 39.0. The van der Waals surface area contributed by atoms with E-state index in [1.807, 2.05) is 40.2 Å². The first-order valence-corrected chi connectivity index (χ1v) is 48.8. The smallest absolute Gasteiger partial charge is 0.150 e. The summed E-state index contributed by atoms with van der Waals surface area (Å²) in [6.45, 7) is 43.7. The number of hydrogen-bond acceptors (Lipinski definition) is 9. The number of hydrogen-bond donors (Lipinski definition) is 4. The molecule has 10 heteroatoms. The van der Waals surface area contributed by atoms with E-state index in [0.29, 0.717) is 46.3 Å². The van der Waals surface area contributed by atoms with Crippen LogP contribution in [0.4, 0.5) is 0 Å². The second-order valence-corrected chi connectivity index (χ2v) is 46.1. The third-order valence-corrected chi connectivity index (χ3v) is 39.0. The van der Waals surface area contributed by atoms with Crippen LogP contribution in [0, 0.1) is 140 Å². The zero-order valence-corrected chi connectivity index (χ0v) is 73.5. The first-order valence-electron chi connectivity index (χ1n) is 48.8. The van der Waals surface area contributed by atoms with E-state index in [-0.39, 0.29) is 5.41 Å². The van der Waals surface area contributed by atoms with E-state index in [1.165, 1.54) is 231 Å². The minimum Gasteiger partial charge on any atom is -0.390 e. The Morgan fingerprint density at radius 3 is 0.939 bits per heavy atom. The van der Waals surface area contributed by atoms with Crippen LogP contribution in [-0.2, 0) is 11.3 Å². The first kappa shape index (κ1) is 83.1. The molecule has 20 rings (SSSR count).